The first-order valence-corrected chi connectivity index (χ1v) is 13.1. The van der Waals surface area contributed by atoms with E-state index in [1.165, 1.54) is 66.1 Å². The minimum Gasteiger partial charge on any atom is -0.0622 e. The van der Waals surface area contributed by atoms with Crippen molar-refractivity contribution in [2.24, 2.45) is 0 Å². The number of rotatable bonds is 4. The summed E-state index contributed by atoms with van der Waals surface area (Å²) in [5, 5.41) is 5.10. The minimum atomic E-state index is 1.23. The Kier molecular flexibility index (Phi) is 5.57. The number of fused-ring (bicyclic) bond motifs is 2. The molecule has 0 fully saturated rings. The zero-order chi connectivity index (χ0) is 25.3. The molecule has 0 unspecified atom stereocenters. The van der Waals surface area contributed by atoms with E-state index >= 15 is 0 Å². The normalized spacial score (nSPS) is 11.2. The minimum absolute atomic E-state index is 1.23. The van der Waals surface area contributed by atoms with Crippen LogP contribution in [-0.4, -0.2) is 0 Å². The molecule has 0 heteroatoms. The molecule has 0 aliphatic carbocycles. The van der Waals surface area contributed by atoms with Crippen LogP contribution in [0.4, 0.5) is 0 Å². The first-order valence-electron chi connectivity index (χ1n) is 13.1. The van der Waals surface area contributed by atoms with E-state index in [9.17, 15) is 0 Å². The number of benzene rings is 7. The van der Waals surface area contributed by atoms with Gasteiger partial charge in [-0.1, -0.05) is 152 Å². The van der Waals surface area contributed by atoms with Crippen molar-refractivity contribution in [3.8, 4) is 44.5 Å². The summed E-state index contributed by atoms with van der Waals surface area (Å²) in [4.78, 5) is 0. The second-order valence-electron chi connectivity index (χ2n) is 9.73. The molecule has 7 aromatic carbocycles. The predicted molar refractivity (Wildman–Crippen MR) is 163 cm³/mol. The fraction of sp³-hybridized carbons (Fsp3) is 0. The molecular formula is C38H26. The summed E-state index contributed by atoms with van der Waals surface area (Å²) in [6.45, 7) is 0. The van der Waals surface area contributed by atoms with Crippen LogP contribution in [0.3, 0.4) is 0 Å². The molecule has 0 radical (unpaired) electrons. The highest BCUT2D eigenvalue weighted by Gasteiger charge is 2.17. The standard InChI is InChI=1S/C38H26/c1-4-12-27(13-5-1)29-20-22-31(23-21-29)37-33-18-10-11-19-34(33)38(30-16-8-3-9-17-30)36-26-32(24-25-35(36)37)28-14-6-2-7-15-28/h1-26H. The number of hydrogen-bond donors (Lipinski definition) is 0. The summed E-state index contributed by atoms with van der Waals surface area (Å²) in [5.74, 6) is 0. The molecule has 7 aromatic rings. The van der Waals surface area contributed by atoms with Gasteiger partial charge in [-0.25, -0.2) is 0 Å². The zero-order valence-electron chi connectivity index (χ0n) is 21.0. The van der Waals surface area contributed by atoms with E-state index in [2.05, 4.69) is 158 Å². The third kappa shape index (κ3) is 3.88. The van der Waals surface area contributed by atoms with Gasteiger partial charge in [0.15, 0.2) is 0 Å². The summed E-state index contributed by atoms with van der Waals surface area (Å²) in [6, 6.07) is 56.9. The van der Waals surface area contributed by atoms with Crippen molar-refractivity contribution in [3.63, 3.8) is 0 Å². The van der Waals surface area contributed by atoms with E-state index in [4.69, 9.17) is 0 Å². The van der Waals surface area contributed by atoms with E-state index in [-0.39, 0.29) is 0 Å². The Morgan fingerprint density at radius 3 is 1.13 bits per heavy atom. The Hall–Kier alpha value is -4.94. The molecular weight excluding hydrogens is 456 g/mol. The molecule has 0 saturated carbocycles. The maximum Gasteiger partial charge on any atom is -0.00262 e. The summed E-state index contributed by atoms with van der Waals surface area (Å²) in [5.41, 5.74) is 9.98. The van der Waals surface area contributed by atoms with E-state index in [1.807, 2.05) is 0 Å². The fourth-order valence-electron chi connectivity index (χ4n) is 5.68. The van der Waals surface area contributed by atoms with Crippen LogP contribution in [0.15, 0.2) is 158 Å². The van der Waals surface area contributed by atoms with Gasteiger partial charge < -0.3 is 0 Å². The van der Waals surface area contributed by atoms with Crippen LogP contribution in [-0.2, 0) is 0 Å². The van der Waals surface area contributed by atoms with Gasteiger partial charge in [-0.3, -0.25) is 0 Å². The van der Waals surface area contributed by atoms with Crippen LogP contribution in [0.2, 0.25) is 0 Å². The third-order valence-electron chi connectivity index (χ3n) is 7.47. The Morgan fingerprint density at radius 2 is 0.553 bits per heavy atom. The highest BCUT2D eigenvalue weighted by Crippen LogP contribution is 2.44. The Morgan fingerprint density at radius 1 is 0.211 bits per heavy atom. The highest BCUT2D eigenvalue weighted by atomic mass is 14.2. The second kappa shape index (κ2) is 9.50. The lowest BCUT2D eigenvalue weighted by atomic mass is 9.84. The van der Waals surface area contributed by atoms with E-state index in [0.717, 1.165) is 0 Å². The molecule has 7 rings (SSSR count). The van der Waals surface area contributed by atoms with E-state index in [1.54, 1.807) is 0 Å². The van der Waals surface area contributed by atoms with Gasteiger partial charge in [0.25, 0.3) is 0 Å². The van der Waals surface area contributed by atoms with Gasteiger partial charge in [0.2, 0.25) is 0 Å². The molecule has 0 bridgehead atoms. The average Bonchev–Trinajstić information content (AvgIpc) is 3.01. The summed E-state index contributed by atoms with van der Waals surface area (Å²) in [6.07, 6.45) is 0. The summed E-state index contributed by atoms with van der Waals surface area (Å²) >= 11 is 0. The van der Waals surface area contributed by atoms with Gasteiger partial charge in [-0.2, -0.15) is 0 Å². The quantitative estimate of drug-likeness (QED) is 0.219. The van der Waals surface area contributed by atoms with Crippen LogP contribution in [0, 0.1) is 0 Å². The van der Waals surface area contributed by atoms with E-state index < -0.39 is 0 Å². The summed E-state index contributed by atoms with van der Waals surface area (Å²) < 4.78 is 0. The monoisotopic (exact) mass is 482 g/mol. The van der Waals surface area contributed by atoms with Gasteiger partial charge in [0, 0.05) is 0 Å². The molecule has 0 aromatic heterocycles. The molecule has 0 atom stereocenters. The molecule has 0 spiro atoms. The molecule has 0 aliphatic heterocycles. The van der Waals surface area contributed by atoms with Gasteiger partial charge in [0.05, 0.1) is 0 Å². The predicted octanol–water partition coefficient (Wildman–Crippen LogP) is 10.7. The average molecular weight is 483 g/mol. The molecule has 38 heavy (non-hydrogen) atoms. The molecule has 0 heterocycles. The van der Waals surface area contributed by atoms with Crippen molar-refractivity contribution in [2.75, 3.05) is 0 Å². The van der Waals surface area contributed by atoms with Crippen molar-refractivity contribution in [2.45, 2.75) is 0 Å². The third-order valence-corrected chi connectivity index (χ3v) is 7.47. The lowest BCUT2D eigenvalue weighted by Gasteiger charge is -2.19. The second-order valence-corrected chi connectivity index (χ2v) is 9.73. The first kappa shape index (κ1) is 22.3. The Labute approximate surface area is 223 Å². The van der Waals surface area contributed by atoms with Crippen LogP contribution in [0.25, 0.3) is 66.1 Å². The topological polar surface area (TPSA) is 0 Å². The highest BCUT2D eigenvalue weighted by molar-refractivity contribution is 6.22. The molecule has 0 saturated heterocycles. The van der Waals surface area contributed by atoms with E-state index in [0.29, 0.717) is 0 Å². The Balaban J connectivity index is 1.54. The zero-order valence-corrected chi connectivity index (χ0v) is 21.0. The smallest absolute Gasteiger partial charge is 0.00262 e. The van der Waals surface area contributed by atoms with Gasteiger partial charge >= 0.3 is 0 Å². The van der Waals surface area contributed by atoms with Crippen LogP contribution < -0.4 is 0 Å². The maximum atomic E-state index is 2.38. The first-order chi connectivity index (χ1) is 18.9. The molecule has 0 amide bonds. The molecule has 0 nitrogen and oxygen atoms in total. The van der Waals surface area contributed by atoms with Crippen molar-refractivity contribution in [1.29, 1.82) is 0 Å². The van der Waals surface area contributed by atoms with Crippen LogP contribution in [0.5, 0.6) is 0 Å². The van der Waals surface area contributed by atoms with Crippen molar-refractivity contribution in [3.05, 3.63) is 158 Å². The van der Waals surface area contributed by atoms with Crippen molar-refractivity contribution >= 4 is 21.5 Å². The molecule has 178 valence electrons. The van der Waals surface area contributed by atoms with Crippen molar-refractivity contribution < 1.29 is 0 Å². The van der Waals surface area contributed by atoms with Crippen LogP contribution >= 0.6 is 0 Å². The largest absolute Gasteiger partial charge is 0.0622 e. The molecule has 0 N–H and O–H groups in total. The van der Waals surface area contributed by atoms with Gasteiger partial charge in [-0.05, 0) is 72.1 Å². The Bertz CT molecular complexity index is 1870. The molecule has 0 aliphatic rings. The number of hydrogen-bond acceptors (Lipinski definition) is 0. The van der Waals surface area contributed by atoms with Crippen LogP contribution in [0.1, 0.15) is 0 Å². The maximum absolute atomic E-state index is 2.38. The summed E-state index contributed by atoms with van der Waals surface area (Å²) in [7, 11) is 0. The lowest BCUT2D eigenvalue weighted by molar-refractivity contribution is 1.61. The lowest BCUT2D eigenvalue weighted by Crippen LogP contribution is -1.92. The SMILES string of the molecule is c1ccc(-c2ccc(-c3c4ccccc4c(-c4ccccc4)c4cc(-c5ccccc5)ccc34)cc2)cc1. The van der Waals surface area contributed by atoms with Gasteiger partial charge in [0.1, 0.15) is 0 Å². The van der Waals surface area contributed by atoms with Crippen molar-refractivity contribution in [1.82, 2.24) is 0 Å². The van der Waals surface area contributed by atoms with Gasteiger partial charge in [-0.15, -0.1) is 0 Å². The fourth-order valence-corrected chi connectivity index (χ4v) is 5.68.